The third kappa shape index (κ3) is 9.41. The Morgan fingerprint density at radius 3 is 2.55 bits per heavy atom. The average molecular weight is 436 g/mol. The minimum absolute atomic E-state index is 0.108. The normalized spacial score (nSPS) is 15.9. The van der Waals surface area contributed by atoms with Crippen molar-refractivity contribution in [2.24, 2.45) is 5.92 Å². The van der Waals surface area contributed by atoms with Gasteiger partial charge in [0.1, 0.15) is 6.29 Å². The van der Waals surface area contributed by atoms with Gasteiger partial charge in [-0.3, -0.25) is 4.98 Å². The van der Waals surface area contributed by atoms with Crippen LogP contribution in [-0.4, -0.2) is 25.7 Å². The molecule has 0 aliphatic heterocycles. The first-order valence-electron chi connectivity index (χ1n) is 10.5. The van der Waals surface area contributed by atoms with Gasteiger partial charge in [0.25, 0.3) is 0 Å². The molecule has 0 unspecified atom stereocenters. The van der Waals surface area contributed by atoms with Gasteiger partial charge < -0.3 is 9.22 Å². The number of halogens is 1. The number of aromatic nitrogens is 1. The fourth-order valence-electron chi connectivity index (χ4n) is 2.63. The van der Waals surface area contributed by atoms with Gasteiger partial charge in [-0.1, -0.05) is 57.0 Å². The third-order valence-electron chi connectivity index (χ3n) is 5.67. The van der Waals surface area contributed by atoms with Crippen molar-refractivity contribution in [3.05, 3.63) is 46.8 Å². The molecule has 162 valence electrons. The number of carbonyl (C=O) groups is 1. The predicted octanol–water partition coefficient (Wildman–Crippen LogP) is 7.39. The maximum atomic E-state index is 10.8. The summed E-state index contributed by atoms with van der Waals surface area (Å²) in [4.78, 5) is 15.1. The second-order valence-electron chi connectivity index (χ2n) is 9.44. The summed E-state index contributed by atoms with van der Waals surface area (Å²) < 4.78 is 6.67. The standard InChI is InChI=1S/C24H38ClNO2Si/c1-19(11-10-12-20(2)18-27)14-15-23(28-29(6,7)24(3,4)5)22(25)17-21-13-8-9-16-26-21/h8-9,13-14,16-18,20,23H,10-12,15H2,1-7H3/t20-,23-/m0/s1. The minimum Gasteiger partial charge on any atom is -0.409 e. The summed E-state index contributed by atoms with van der Waals surface area (Å²) in [5.41, 5.74) is 2.15. The van der Waals surface area contributed by atoms with Crippen LogP contribution < -0.4 is 0 Å². The summed E-state index contributed by atoms with van der Waals surface area (Å²) >= 11 is 6.74. The molecule has 0 aliphatic carbocycles. The molecular weight excluding hydrogens is 398 g/mol. The molecule has 0 radical (unpaired) electrons. The van der Waals surface area contributed by atoms with Gasteiger partial charge >= 0.3 is 0 Å². The molecule has 1 aromatic rings. The van der Waals surface area contributed by atoms with E-state index in [1.807, 2.05) is 31.2 Å². The molecule has 0 amide bonds. The zero-order valence-corrected chi connectivity index (χ0v) is 20.9. The van der Waals surface area contributed by atoms with Gasteiger partial charge in [0.05, 0.1) is 11.8 Å². The van der Waals surface area contributed by atoms with E-state index in [9.17, 15) is 4.79 Å². The molecule has 0 aromatic carbocycles. The van der Waals surface area contributed by atoms with Gasteiger partial charge in [-0.05, 0) is 68.9 Å². The van der Waals surface area contributed by atoms with Crippen LogP contribution >= 0.6 is 11.6 Å². The molecular formula is C24H38ClNO2Si. The Morgan fingerprint density at radius 2 is 2.00 bits per heavy atom. The van der Waals surface area contributed by atoms with Crippen molar-refractivity contribution in [2.75, 3.05) is 0 Å². The molecule has 1 heterocycles. The number of hydrogen-bond donors (Lipinski definition) is 0. The Labute approximate surface area is 183 Å². The van der Waals surface area contributed by atoms with Gasteiger partial charge in [0, 0.05) is 17.1 Å². The molecule has 1 rings (SSSR count). The van der Waals surface area contributed by atoms with Crippen molar-refractivity contribution in [3.63, 3.8) is 0 Å². The van der Waals surface area contributed by atoms with E-state index in [0.717, 1.165) is 37.7 Å². The molecule has 0 saturated carbocycles. The first-order valence-corrected chi connectivity index (χ1v) is 13.8. The van der Waals surface area contributed by atoms with E-state index in [1.54, 1.807) is 6.20 Å². The highest BCUT2D eigenvalue weighted by Crippen LogP contribution is 2.39. The molecule has 0 spiro atoms. The van der Waals surface area contributed by atoms with Crippen LogP contribution in [0.1, 0.15) is 66.0 Å². The zero-order valence-electron chi connectivity index (χ0n) is 19.2. The lowest BCUT2D eigenvalue weighted by atomic mass is 10.0. The third-order valence-corrected chi connectivity index (χ3v) is 10.5. The quantitative estimate of drug-likeness (QED) is 0.206. The van der Waals surface area contributed by atoms with E-state index < -0.39 is 8.32 Å². The first kappa shape index (κ1) is 25.8. The van der Waals surface area contributed by atoms with Crippen LogP contribution in [0.3, 0.4) is 0 Å². The molecule has 2 atom stereocenters. The molecule has 5 heteroatoms. The van der Waals surface area contributed by atoms with Crippen molar-refractivity contribution in [3.8, 4) is 0 Å². The zero-order chi connectivity index (χ0) is 22.1. The second kappa shape index (κ2) is 11.8. The highest BCUT2D eigenvalue weighted by molar-refractivity contribution is 6.74. The number of aldehydes is 1. The van der Waals surface area contributed by atoms with Crippen LogP contribution in [-0.2, 0) is 9.22 Å². The van der Waals surface area contributed by atoms with Crippen LogP contribution in [0.2, 0.25) is 18.1 Å². The second-order valence-corrected chi connectivity index (χ2v) is 14.6. The van der Waals surface area contributed by atoms with Crippen molar-refractivity contribution in [2.45, 2.75) is 84.5 Å². The number of allylic oxidation sites excluding steroid dienone is 1. The SMILES string of the molecule is CC(=CC[C@H](O[Si](C)(C)C(C)(C)C)C(Cl)=Cc1ccccn1)CCC[C@H](C)C=O. The highest BCUT2D eigenvalue weighted by atomic mass is 35.5. The topological polar surface area (TPSA) is 39.2 Å². The summed E-state index contributed by atoms with van der Waals surface area (Å²) in [5, 5.41) is 0.795. The lowest BCUT2D eigenvalue weighted by Gasteiger charge is -2.39. The van der Waals surface area contributed by atoms with Gasteiger partial charge in [0.2, 0.25) is 0 Å². The number of pyridine rings is 1. The molecule has 29 heavy (non-hydrogen) atoms. The largest absolute Gasteiger partial charge is 0.409 e. The van der Waals surface area contributed by atoms with E-state index in [2.05, 4.69) is 51.8 Å². The maximum absolute atomic E-state index is 10.8. The predicted molar refractivity (Wildman–Crippen MR) is 128 cm³/mol. The first-order chi connectivity index (χ1) is 13.5. The van der Waals surface area contributed by atoms with E-state index in [1.165, 1.54) is 5.57 Å². The van der Waals surface area contributed by atoms with Crippen molar-refractivity contribution in [1.82, 2.24) is 4.98 Å². The Balaban J connectivity index is 2.94. The van der Waals surface area contributed by atoms with Gasteiger partial charge in [-0.25, -0.2) is 0 Å². The number of carbonyl (C=O) groups excluding carboxylic acids is 1. The number of hydrogen-bond acceptors (Lipinski definition) is 3. The number of nitrogens with zero attached hydrogens (tertiary/aromatic N) is 1. The molecule has 3 nitrogen and oxygen atoms in total. The van der Waals surface area contributed by atoms with Crippen LogP contribution in [0.4, 0.5) is 0 Å². The molecule has 1 aromatic heterocycles. The van der Waals surface area contributed by atoms with Gasteiger partial charge in [-0.2, -0.15) is 0 Å². The molecule has 0 aliphatic rings. The summed E-state index contributed by atoms with van der Waals surface area (Å²) in [5.74, 6) is 0.133. The Bertz CT molecular complexity index is 693. The molecule has 0 saturated heterocycles. The van der Waals surface area contributed by atoms with Crippen LogP contribution in [0.25, 0.3) is 6.08 Å². The Hall–Kier alpha value is -1.23. The monoisotopic (exact) mass is 435 g/mol. The van der Waals surface area contributed by atoms with Crippen LogP contribution in [0.5, 0.6) is 0 Å². The minimum atomic E-state index is -1.98. The Morgan fingerprint density at radius 1 is 1.31 bits per heavy atom. The maximum Gasteiger partial charge on any atom is 0.192 e. The molecule has 0 N–H and O–H groups in total. The number of rotatable bonds is 11. The molecule has 0 bridgehead atoms. The van der Waals surface area contributed by atoms with Gasteiger partial charge in [-0.15, -0.1) is 0 Å². The van der Waals surface area contributed by atoms with E-state index in [4.69, 9.17) is 16.0 Å². The highest BCUT2D eigenvalue weighted by Gasteiger charge is 2.39. The van der Waals surface area contributed by atoms with Crippen molar-refractivity contribution >= 4 is 32.3 Å². The fraction of sp³-hybridized carbons (Fsp3) is 0.583. The molecule has 0 fully saturated rings. The van der Waals surface area contributed by atoms with Crippen LogP contribution in [0.15, 0.2) is 41.1 Å². The van der Waals surface area contributed by atoms with E-state index >= 15 is 0 Å². The summed E-state index contributed by atoms with van der Waals surface area (Å²) in [6, 6.07) is 5.80. The van der Waals surface area contributed by atoms with Crippen LogP contribution in [0, 0.1) is 5.92 Å². The van der Waals surface area contributed by atoms with E-state index in [0.29, 0.717) is 5.03 Å². The summed E-state index contributed by atoms with van der Waals surface area (Å²) in [7, 11) is -1.98. The summed E-state index contributed by atoms with van der Waals surface area (Å²) in [6.45, 7) is 15.3. The summed E-state index contributed by atoms with van der Waals surface area (Å²) in [6.07, 6.45) is 10.5. The van der Waals surface area contributed by atoms with Crippen molar-refractivity contribution < 1.29 is 9.22 Å². The Kier molecular flexibility index (Phi) is 10.5. The van der Waals surface area contributed by atoms with Gasteiger partial charge in [0.15, 0.2) is 8.32 Å². The van der Waals surface area contributed by atoms with E-state index in [-0.39, 0.29) is 17.1 Å². The smallest absolute Gasteiger partial charge is 0.192 e. The average Bonchev–Trinajstić information content (AvgIpc) is 2.64. The van der Waals surface area contributed by atoms with Crippen molar-refractivity contribution in [1.29, 1.82) is 0 Å². The lowest BCUT2D eigenvalue weighted by molar-refractivity contribution is -0.110. The fourth-order valence-corrected chi connectivity index (χ4v) is 4.23. The lowest BCUT2D eigenvalue weighted by Crippen LogP contribution is -2.44.